The summed E-state index contributed by atoms with van der Waals surface area (Å²) in [6.07, 6.45) is 7.23. The Morgan fingerprint density at radius 2 is 1.91 bits per heavy atom. The number of thiazole rings is 1. The number of sulfonamides is 1. The largest absolute Gasteiger partial charge is 0.447 e. The third-order valence-electron chi connectivity index (χ3n) is 4.66. The SMILES string of the molecule is CC.CC(C)OC(N)=O.CCNS(=O)(=O)c1cc(Br)ccc1-c1cnc(C2CCCCC2)s1. The summed E-state index contributed by atoms with van der Waals surface area (Å²) in [5.41, 5.74) is 5.35. The molecule has 1 amide bonds. The van der Waals surface area contributed by atoms with Crippen LogP contribution in [0.1, 0.15) is 77.6 Å². The van der Waals surface area contributed by atoms with Crippen LogP contribution in [0.15, 0.2) is 33.8 Å². The lowest BCUT2D eigenvalue weighted by Gasteiger charge is -2.18. The summed E-state index contributed by atoms with van der Waals surface area (Å²) in [5.74, 6) is 0.529. The quantitative estimate of drug-likeness (QED) is 0.421. The number of hydrogen-bond donors (Lipinski definition) is 2. The van der Waals surface area contributed by atoms with E-state index in [1.54, 1.807) is 38.2 Å². The van der Waals surface area contributed by atoms with Gasteiger partial charge in [-0.05, 0) is 38.8 Å². The molecule has 0 aliphatic heterocycles. The molecule has 1 aliphatic rings. The first kappa shape index (κ1) is 29.5. The fraction of sp³-hybridized carbons (Fsp3) is 0.565. The normalized spacial score (nSPS) is 14.0. The van der Waals surface area contributed by atoms with Crippen molar-refractivity contribution in [2.75, 3.05) is 6.54 Å². The van der Waals surface area contributed by atoms with E-state index in [0.29, 0.717) is 17.4 Å². The number of hydrogen-bond acceptors (Lipinski definition) is 6. The second-order valence-electron chi connectivity index (χ2n) is 7.53. The van der Waals surface area contributed by atoms with Crippen LogP contribution in [-0.2, 0) is 14.8 Å². The molecule has 0 spiro atoms. The van der Waals surface area contributed by atoms with Crippen molar-refractivity contribution in [2.45, 2.75) is 83.6 Å². The summed E-state index contributed by atoms with van der Waals surface area (Å²) in [4.78, 5) is 15.6. The molecule has 7 nitrogen and oxygen atoms in total. The maximum Gasteiger partial charge on any atom is 0.404 e. The third kappa shape index (κ3) is 9.72. The van der Waals surface area contributed by atoms with Crippen molar-refractivity contribution in [2.24, 2.45) is 5.73 Å². The van der Waals surface area contributed by atoms with E-state index in [1.807, 2.05) is 32.2 Å². The summed E-state index contributed by atoms with van der Waals surface area (Å²) in [6, 6.07) is 5.39. The lowest BCUT2D eigenvalue weighted by atomic mass is 9.90. The van der Waals surface area contributed by atoms with Crippen molar-refractivity contribution in [1.29, 1.82) is 0 Å². The number of rotatable bonds is 6. The number of carbonyl (C=O) groups is 1. The predicted molar refractivity (Wildman–Crippen MR) is 139 cm³/mol. The zero-order chi connectivity index (χ0) is 25.0. The van der Waals surface area contributed by atoms with Gasteiger partial charge in [0.15, 0.2) is 0 Å². The van der Waals surface area contributed by atoms with Gasteiger partial charge >= 0.3 is 6.09 Å². The summed E-state index contributed by atoms with van der Waals surface area (Å²) in [7, 11) is -3.53. The molecule has 3 N–H and O–H groups in total. The van der Waals surface area contributed by atoms with Crippen LogP contribution in [0, 0.1) is 0 Å². The summed E-state index contributed by atoms with van der Waals surface area (Å²) in [6.45, 7) is 9.63. The molecule has 33 heavy (non-hydrogen) atoms. The molecule has 1 fully saturated rings. The lowest BCUT2D eigenvalue weighted by molar-refractivity contribution is 0.125. The van der Waals surface area contributed by atoms with E-state index in [9.17, 15) is 13.2 Å². The number of halogens is 1. The van der Waals surface area contributed by atoms with E-state index in [-0.39, 0.29) is 6.10 Å². The zero-order valence-corrected chi connectivity index (χ0v) is 23.3. The van der Waals surface area contributed by atoms with Gasteiger partial charge in [0.25, 0.3) is 0 Å². The molecular weight excluding hydrogens is 526 g/mol. The molecule has 186 valence electrons. The van der Waals surface area contributed by atoms with Crippen LogP contribution in [0.2, 0.25) is 0 Å². The minimum absolute atomic E-state index is 0.0995. The van der Waals surface area contributed by atoms with Gasteiger partial charge in [-0.2, -0.15) is 0 Å². The van der Waals surface area contributed by atoms with Gasteiger partial charge in [-0.25, -0.2) is 22.9 Å². The monoisotopic (exact) mass is 561 g/mol. The number of benzene rings is 1. The van der Waals surface area contributed by atoms with Crippen LogP contribution in [-0.4, -0.2) is 32.1 Å². The fourth-order valence-electron chi connectivity index (χ4n) is 3.37. The first-order valence-corrected chi connectivity index (χ1v) is 14.4. The first-order chi connectivity index (χ1) is 15.6. The Morgan fingerprint density at radius 3 is 2.42 bits per heavy atom. The number of ether oxygens (including phenoxy) is 1. The van der Waals surface area contributed by atoms with Crippen LogP contribution in [0.25, 0.3) is 10.4 Å². The van der Waals surface area contributed by atoms with Crippen LogP contribution in [0.3, 0.4) is 0 Å². The molecule has 0 saturated heterocycles. The number of amides is 1. The number of nitrogens with one attached hydrogen (secondary N) is 1. The highest BCUT2D eigenvalue weighted by molar-refractivity contribution is 9.10. The predicted octanol–water partition coefficient (Wildman–Crippen LogP) is 6.43. The Bertz CT molecular complexity index is 972. The second kappa shape index (κ2) is 14.7. The van der Waals surface area contributed by atoms with Crippen molar-refractivity contribution in [3.63, 3.8) is 0 Å². The van der Waals surface area contributed by atoms with Crippen LogP contribution in [0.4, 0.5) is 4.79 Å². The number of nitrogens with zero attached hydrogens (tertiary/aromatic N) is 1. The van der Waals surface area contributed by atoms with Crippen molar-refractivity contribution in [3.05, 3.63) is 33.9 Å². The van der Waals surface area contributed by atoms with E-state index in [4.69, 9.17) is 0 Å². The first-order valence-electron chi connectivity index (χ1n) is 11.4. The molecule has 1 aromatic carbocycles. The molecular formula is C23H36BrN3O4S2. The molecule has 1 aliphatic carbocycles. The Kier molecular flexibility index (Phi) is 13.2. The van der Waals surface area contributed by atoms with Crippen LogP contribution >= 0.6 is 27.3 Å². The van der Waals surface area contributed by atoms with Gasteiger partial charge in [-0.1, -0.05) is 62.0 Å². The highest BCUT2D eigenvalue weighted by Gasteiger charge is 2.23. The molecule has 2 aromatic rings. The zero-order valence-electron chi connectivity index (χ0n) is 20.1. The smallest absolute Gasteiger partial charge is 0.404 e. The third-order valence-corrected chi connectivity index (χ3v) is 7.93. The minimum atomic E-state index is -3.53. The van der Waals surface area contributed by atoms with Gasteiger partial charge in [0.1, 0.15) is 0 Å². The highest BCUT2D eigenvalue weighted by Crippen LogP contribution is 2.39. The average Bonchev–Trinajstić information content (AvgIpc) is 3.25. The molecule has 0 unspecified atom stereocenters. The second-order valence-corrected chi connectivity index (χ2v) is 11.2. The highest BCUT2D eigenvalue weighted by atomic mass is 79.9. The maximum absolute atomic E-state index is 12.5. The molecule has 1 heterocycles. The number of carbonyl (C=O) groups excluding carboxylic acids is 1. The Labute approximate surface area is 210 Å². The van der Waals surface area contributed by atoms with Gasteiger partial charge in [0.05, 0.1) is 20.9 Å². The van der Waals surface area contributed by atoms with Gasteiger partial charge in [-0.15, -0.1) is 11.3 Å². The molecule has 0 bridgehead atoms. The van der Waals surface area contributed by atoms with E-state index < -0.39 is 16.1 Å². The van der Waals surface area contributed by atoms with Gasteiger partial charge in [-0.3, -0.25) is 0 Å². The topological polar surface area (TPSA) is 111 Å². The Hall–Kier alpha value is -1.49. The summed E-state index contributed by atoms with van der Waals surface area (Å²) < 4.78 is 32.8. The molecule has 10 heteroatoms. The van der Waals surface area contributed by atoms with Gasteiger partial charge < -0.3 is 10.5 Å². The summed E-state index contributed by atoms with van der Waals surface area (Å²) >= 11 is 5.00. The van der Waals surface area contributed by atoms with Crippen molar-refractivity contribution in [3.8, 4) is 10.4 Å². The molecule has 0 radical (unpaired) electrons. The van der Waals surface area contributed by atoms with E-state index >= 15 is 0 Å². The number of nitrogens with two attached hydrogens (primary N) is 1. The van der Waals surface area contributed by atoms with Crippen molar-refractivity contribution >= 4 is 43.4 Å². The van der Waals surface area contributed by atoms with Crippen LogP contribution in [0.5, 0.6) is 0 Å². The molecule has 3 rings (SSSR count). The standard InChI is InChI=1S/C17H21BrN2O2S2.C4H9NO2.C2H6/c1-2-20-24(21,22)16-10-13(18)8-9-14(16)15-11-19-17(23-15)12-6-4-3-5-7-12;1-3(2)7-4(5)6;1-2/h8-12,20H,2-7H2,1H3;3H,1-2H3,(H2,5,6);1-2H3. The molecule has 1 aromatic heterocycles. The average molecular weight is 563 g/mol. The van der Waals surface area contributed by atoms with E-state index in [2.05, 4.69) is 36.1 Å². The Balaban J connectivity index is 0.000000520. The Morgan fingerprint density at radius 1 is 1.27 bits per heavy atom. The van der Waals surface area contributed by atoms with Crippen molar-refractivity contribution in [1.82, 2.24) is 9.71 Å². The lowest BCUT2D eigenvalue weighted by Crippen LogP contribution is -2.23. The fourth-order valence-corrected chi connectivity index (χ4v) is 6.36. The van der Waals surface area contributed by atoms with Crippen molar-refractivity contribution < 1.29 is 17.9 Å². The summed E-state index contributed by atoms with van der Waals surface area (Å²) in [5, 5.41) is 1.14. The van der Waals surface area contributed by atoms with Crippen LogP contribution < -0.4 is 10.5 Å². The number of aromatic nitrogens is 1. The molecule has 1 saturated carbocycles. The van der Waals surface area contributed by atoms with Gasteiger partial charge in [0.2, 0.25) is 10.0 Å². The van der Waals surface area contributed by atoms with E-state index in [1.165, 1.54) is 32.1 Å². The minimum Gasteiger partial charge on any atom is -0.447 e. The molecule has 0 atom stereocenters. The van der Waals surface area contributed by atoms with Gasteiger partial charge in [0, 0.05) is 28.7 Å². The van der Waals surface area contributed by atoms with E-state index in [0.717, 1.165) is 19.9 Å². The maximum atomic E-state index is 12.5. The number of primary amides is 1.